The molecule has 2 aliphatic heterocycles. The van der Waals surface area contributed by atoms with Gasteiger partial charge in [-0.2, -0.15) is 4.73 Å². The molecule has 2 aliphatic carbocycles. The van der Waals surface area contributed by atoms with Crippen molar-refractivity contribution in [2.24, 2.45) is 0 Å². The minimum Gasteiger partial charge on any atom is -0.618 e. The zero-order valence-corrected chi connectivity index (χ0v) is 9.73. The van der Waals surface area contributed by atoms with Crippen LogP contribution in [0.25, 0.3) is 0 Å². The Morgan fingerprint density at radius 1 is 0.706 bits per heavy atom. The van der Waals surface area contributed by atoms with E-state index in [4.69, 9.17) is 0 Å². The first-order valence-electron chi connectivity index (χ1n) is 6.10. The van der Waals surface area contributed by atoms with Crippen molar-refractivity contribution < 1.29 is 4.73 Å². The Labute approximate surface area is 101 Å². The molecule has 4 bridgehead atoms. The molecule has 0 fully saturated rings. The van der Waals surface area contributed by atoms with E-state index in [1.54, 1.807) is 6.20 Å². The lowest BCUT2D eigenvalue weighted by Crippen LogP contribution is -2.32. The molecule has 0 atom stereocenters. The Morgan fingerprint density at radius 3 is 1.88 bits per heavy atom. The lowest BCUT2D eigenvalue weighted by Gasteiger charge is -2.10. The standard InChI is InChI=1S/C15H15NO/c17-16-11-14-6-5-12-1-3-13(4-2-12)7-9-15(16)10-8-14/h1-4,8,10-11H,5-7,9H2. The molecule has 86 valence electrons. The highest BCUT2D eigenvalue weighted by Crippen LogP contribution is 2.12. The minimum atomic E-state index is 0.809. The van der Waals surface area contributed by atoms with Gasteiger partial charge >= 0.3 is 0 Å². The first-order valence-corrected chi connectivity index (χ1v) is 6.10. The van der Waals surface area contributed by atoms with E-state index in [1.807, 2.05) is 6.07 Å². The van der Waals surface area contributed by atoms with Gasteiger partial charge in [-0.05, 0) is 36.5 Å². The number of benzene rings is 1. The summed E-state index contributed by atoms with van der Waals surface area (Å²) >= 11 is 0. The topological polar surface area (TPSA) is 26.9 Å². The molecule has 4 aliphatic rings. The van der Waals surface area contributed by atoms with Gasteiger partial charge in [-0.15, -0.1) is 0 Å². The molecule has 0 amide bonds. The van der Waals surface area contributed by atoms with E-state index in [0.29, 0.717) is 0 Å². The van der Waals surface area contributed by atoms with E-state index >= 15 is 0 Å². The molecule has 1 aromatic carbocycles. The van der Waals surface area contributed by atoms with E-state index in [9.17, 15) is 5.21 Å². The van der Waals surface area contributed by atoms with Gasteiger partial charge in [-0.1, -0.05) is 24.3 Å². The summed E-state index contributed by atoms with van der Waals surface area (Å²) in [6, 6.07) is 12.8. The van der Waals surface area contributed by atoms with Gasteiger partial charge < -0.3 is 5.21 Å². The van der Waals surface area contributed by atoms with Crippen LogP contribution in [0, 0.1) is 5.21 Å². The molecule has 1 aromatic heterocycles. The summed E-state index contributed by atoms with van der Waals surface area (Å²) in [5, 5.41) is 11.8. The molecule has 0 saturated heterocycles. The highest BCUT2D eigenvalue weighted by molar-refractivity contribution is 5.25. The second-order valence-electron chi connectivity index (χ2n) is 4.67. The summed E-state index contributed by atoms with van der Waals surface area (Å²) in [7, 11) is 0. The molecule has 0 spiro atoms. The lowest BCUT2D eigenvalue weighted by molar-refractivity contribution is -0.614. The second-order valence-corrected chi connectivity index (χ2v) is 4.67. The van der Waals surface area contributed by atoms with Crippen molar-refractivity contribution in [3.8, 4) is 0 Å². The van der Waals surface area contributed by atoms with Crippen LogP contribution >= 0.6 is 0 Å². The number of pyridine rings is 1. The molecule has 6 rings (SSSR count). The Morgan fingerprint density at radius 2 is 1.24 bits per heavy atom. The number of hydrogen-bond acceptors (Lipinski definition) is 1. The van der Waals surface area contributed by atoms with Crippen LogP contribution < -0.4 is 4.73 Å². The molecule has 0 radical (unpaired) electrons. The number of nitrogens with zero attached hydrogens (tertiary/aromatic N) is 1. The van der Waals surface area contributed by atoms with Gasteiger partial charge in [0.05, 0.1) is 0 Å². The van der Waals surface area contributed by atoms with Crippen LogP contribution in [0.15, 0.2) is 42.6 Å². The minimum absolute atomic E-state index is 0.809. The van der Waals surface area contributed by atoms with Crippen molar-refractivity contribution in [1.82, 2.24) is 0 Å². The van der Waals surface area contributed by atoms with Gasteiger partial charge in [0.25, 0.3) is 0 Å². The maximum atomic E-state index is 11.8. The summed E-state index contributed by atoms with van der Waals surface area (Å²) in [5.74, 6) is 0. The molecule has 0 unspecified atom stereocenters. The third kappa shape index (κ3) is 2.16. The van der Waals surface area contributed by atoms with Crippen molar-refractivity contribution in [2.75, 3.05) is 0 Å². The first kappa shape index (κ1) is 10.3. The second kappa shape index (κ2) is 4.21. The number of rotatable bonds is 0. The van der Waals surface area contributed by atoms with Crippen molar-refractivity contribution in [1.29, 1.82) is 0 Å². The van der Waals surface area contributed by atoms with Crippen molar-refractivity contribution in [3.05, 3.63) is 70.2 Å². The van der Waals surface area contributed by atoms with E-state index in [-0.39, 0.29) is 0 Å². The Bertz CT molecular complexity index is 531. The maximum Gasteiger partial charge on any atom is 0.193 e. The van der Waals surface area contributed by atoms with Crippen LogP contribution in [0.1, 0.15) is 22.4 Å². The van der Waals surface area contributed by atoms with Crippen LogP contribution in [-0.4, -0.2) is 0 Å². The smallest absolute Gasteiger partial charge is 0.193 e. The predicted molar refractivity (Wildman–Crippen MR) is 66.7 cm³/mol. The van der Waals surface area contributed by atoms with Gasteiger partial charge in [0.1, 0.15) is 0 Å². The van der Waals surface area contributed by atoms with E-state index in [0.717, 1.165) is 41.7 Å². The number of hydrogen-bond donors (Lipinski definition) is 0. The fourth-order valence-electron chi connectivity index (χ4n) is 2.33. The van der Waals surface area contributed by atoms with E-state index < -0.39 is 0 Å². The molecule has 2 aromatic rings. The van der Waals surface area contributed by atoms with Crippen LogP contribution in [0.2, 0.25) is 0 Å². The summed E-state index contributed by atoms with van der Waals surface area (Å²) in [5.41, 5.74) is 4.63. The third-order valence-electron chi connectivity index (χ3n) is 3.45. The lowest BCUT2D eigenvalue weighted by atomic mass is 10.00. The predicted octanol–water partition coefficient (Wildman–Crippen LogP) is 2.20. The van der Waals surface area contributed by atoms with E-state index in [2.05, 4.69) is 30.3 Å². The maximum absolute atomic E-state index is 11.8. The summed E-state index contributed by atoms with van der Waals surface area (Å²) in [6.07, 6.45) is 5.40. The highest BCUT2D eigenvalue weighted by Gasteiger charge is 2.09. The molecular formula is C15H15NO. The largest absolute Gasteiger partial charge is 0.618 e. The molecule has 0 saturated carbocycles. The highest BCUT2D eigenvalue weighted by atomic mass is 16.5. The number of aromatic nitrogens is 1. The fraction of sp³-hybridized carbons (Fsp3) is 0.267. The van der Waals surface area contributed by atoms with Crippen molar-refractivity contribution >= 4 is 0 Å². The zero-order chi connectivity index (χ0) is 11.7. The number of aryl methyl sites for hydroxylation is 4. The normalized spacial score (nSPS) is 14.4. The van der Waals surface area contributed by atoms with Gasteiger partial charge in [0, 0.05) is 18.1 Å². The van der Waals surface area contributed by atoms with Gasteiger partial charge in [0.2, 0.25) is 0 Å². The molecule has 0 N–H and O–H groups in total. The zero-order valence-electron chi connectivity index (χ0n) is 9.73. The van der Waals surface area contributed by atoms with Gasteiger partial charge in [-0.25, -0.2) is 0 Å². The van der Waals surface area contributed by atoms with Crippen LogP contribution in [0.3, 0.4) is 0 Å². The summed E-state index contributed by atoms with van der Waals surface area (Å²) in [4.78, 5) is 0. The van der Waals surface area contributed by atoms with Gasteiger partial charge in [-0.3, -0.25) is 0 Å². The average Bonchev–Trinajstić information content (AvgIpc) is 2.34. The Hall–Kier alpha value is -1.83. The molecule has 2 heteroatoms. The molecule has 17 heavy (non-hydrogen) atoms. The van der Waals surface area contributed by atoms with Crippen molar-refractivity contribution in [3.63, 3.8) is 0 Å². The molecule has 2 nitrogen and oxygen atoms in total. The average molecular weight is 225 g/mol. The van der Waals surface area contributed by atoms with E-state index in [1.165, 1.54) is 11.1 Å². The van der Waals surface area contributed by atoms with Gasteiger partial charge in [0.15, 0.2) is 11.9 Å². The summed E-state index contributed by atoms with van der Waals surface area (Å²) < 4.78 is 1.03. The molecular weight excluding hydrogens is 210 g/mol. The van der Waals surface area contributed by atoms with Crippen molar-refractivity contribution in [2.45, 2.75) is 25.7 Å². The quantitative estimate of drug-likeness (QED) is 0.499. The Kier molecular flexibility index (Phi) is 2.56. The monoisotopic (exact) mass is 225 g/mol. The van der Waals surface area contributed by atoms with Crippen LogP contribution in [0.4, 0.5) is 0 Å². The Balaban J connectivity index is 2.00. The van der Waals surface area contributed by atoms with Crippen LogP contribution in [-0.2, 0) is 25.7 Å². The SMILES string of the molecule is [O-][n+]1cc2ccc1CCc1ccc(cc1)CC2. The third-order valence-corrected chi connectivity index (χ3v) is 3.45. The summed E-state index contributed by atoms with van der Waals surface area (Å²) in [6.45, 7) is 0. The van der Waals surface area contributed by atoms with Crippen LogP contribution in [0.5, 0.6) is 0 Å². The first-order chi connectivity index (χ1) is 8.31. The fourth-order valence-corrected chi connectivity index (χ4v) is 2.33. The molecule has 3 heterocycles.